The number of unbranched alkanes of at least 4 members (excludes halogenated alkanes) is 1. The fourth-order valence-electron chi connectivity index (χ4n) is 2.35. The normalized spacial score (nSPS) is 13.6. The molecular weight excluding hydrogens is 220 g/mol. The summed E-state index contributed by atoms with van der Waals surface area (Å²) < 4.78 is 0. The van der Waals surface area contributed by atoms with Gasteiger partial charge in [-0.2, -0.15) is 0 Å². The zero-order valence-corrected chi connectivity index (χ0v) is 13.5. The Kier molecular flexibility index (Phi) is 9.40. The van der Waals surface area contributed by atoms with Crippen molar-refractivity contribution in [2.75, 3.05) is 0 Å². The third-order valence-electron chi connectivity index (χ3n) is 3.95. The van der Waals surface area contributed by atoms with Crippen LogP contribution >= 0.6 is 0 Å². The molecule has 1 unspecified atom stereocenters. The van der Waals surface area contributed by atoms with E-state index in [1.54, 1.807) is 0 Å². The van der Waals surface area contributed by atoms with Gasteiger partial charge in [0.15, 0.2) is 0 Å². The van der Waals surface area contributed by atoms with E-state index >= 15 is 0 Å². The Morgan fingerprint density at radius 3 is 1.89 bits per heavy atom. The molecule has 0 saturated carbocycles. The summed E-state index contributed by atoms with van der Waals surface area (Å²) in [6, 6.07) is 0. The van der Waals surface area contributed by atoms with Crippen molar-refractivity contribution < 1.29 is 4.79 Å². The highest BCUT2D eigenvalue weighted by Crippen LogP contribution is 2.25. The second-order valence-electron chi connectivity index (χ2n) is 6.84. The molecule has 0 aliphatic rings. The van der Waals surface area contributed by atoms with Crippen molar-refractivity contribution >= 4 is 5.78 Å². The predicted molar refractivity (Wildman–Crippen MR) is 80.7 cm³/mol. The zero-order chi connectivity index (χ0) is 14.1. The number of hydrogen-bond acceptors (Lipinski definition) is 1. The molecule has 0 aliphatic carbocycles. The molecule has 1 atom stereocenters. The monoisotopic (exact) mass is 254 g/mol. The Balaban J connectivity index is 3.80. The van der Waals surface area contributed by atoms with Gasteiger partial charge in [0.1, 0.15) is 5.78 Å². The Bertz CT molecular complexity index is 216. The summed E-state index contributed by atoms with van der Waals surface area (Å²) in [6.07, 6.45) is 7.09. The van der Waals surface area contributed by atoms with Crippen LogP contribution in [0.3, 0.4) is 0 Å². The summed E-state index contributed by atoms with van der Waals surface area (Å²) in [5.41, 5.74) is 0. The van der Waals surface area contributed by atoms with E-state index in [4.69, 9.17) is 0 Å². The molecule has 0 aliphatic heterocycles. The lowest BCUT2D eigenvalue weighted by atomic mass is 9.84. The van der Waals surface area contributed by atoms with Gasteiger partial charge in [-0.1, -0.05) is 60.8 Å². The molecule has 0 aromatic heterocycles. The van der Waals surface area contributed by atoms with Crippen molar-refractivity contribution in [3.8, 4) is 0 Å². The fourth-order valence-corrected chi connectivity index (χ4v) is 2.35. The molecule has 0 N–H and O–H groups in total. The topological polar surface area (TPSA) is 17.1 Å². The van der Waals surface area contributed by atoms with Crippen molar-refractivity contribution in [1.29, 1.82) is 0 Å². The molecule has 0 heterocycles. The van der Waals surface area contributed by atoms with Gasteiger partial charge in [-0.3, -0.25) is 4.79 Å². The number of ketones is 1. The van der Waals surface area contributed by atoms with E-state index in [1.165, 1.54) is 25.7 Å². The van der Waals surface area contributed by atoms with E-state index in [2.05, 4.69) is 27.7 Å². The van der Waals surface area contributed by atoms with Gasteiger partial charge in [-0.25, -0.2) is 0 Å². The summed E-state index contributed by atoms with van der Waals surface area (Å²) in [6.45, 7) is 13.3. The van der Waals surface area contributed by atoms with Crippen LogP contribution in [0.25, 0.3) is 0 Å². The number of carbonyl (C=O) groups is 1. The lowest BCUT2D eigenvalue weighted by Gasteiger charge is -2.21. The highest BCUT2D eigenvalue weighted by atomic mass is 16.1. The van der Waals surface area contributed by atoms with Crippen molar-refractivity contribution in [3.05, 3.63) is 0 Å². The van der Waals surface area contributed by atoms with E-state index in [0.717, 1.165) is 30.6 Å². The van der Waals surface area contributed by atoms with Gasteiger partial charge in [-0.05, 0) is 30.6 Å². The van der Waals surface area contributed by atoms with Gasteiger partial charge in [0.25, 0.3) is 0 Å². The standard InChI is InChI=1S/C17H34O/c1-13(2)11-12-16(14(3)4)9-7-8-10-17(18)15(5)6/h13-16H,7-12H2,1-6H3. The van der Waals surface area contributed by atoms with Crippen LogP contribution in [0.2, 0.25) is 0 Å². The first kappa shape index (κ1) is 17.7. The molecule has 0 amide bonds. The van der Waals surface area contributed by atoms with Crippen molar-refractivity contribution in [3.63, 3.8) is 0 Å². The smallest absolute Gasteiger partial charge is 0.135 e. The van der Waals surface area contributed by atoms with E-state index in [0.29, 0.717) is 5.78 Å². The van der Waals surface area contributed by atoms with Crippen molar-refractivity contribution in [2.45, 2.75) is 80.1 Å². The summed E-state index contributed by atoms with van der Waals surface area (Å²) in [4.78, 5) is 11.5. The van der Waals surface area contributed by atoms with Crippen LogP contribution in [0.5, 0.6) is 0 Å². The van der Waals surface area contributed by atoms with Gasteiger partial charge in [0.2, 0.25) is 0 Å². The molecule has 1 nitrogen and oxygen atoms in total. The Labute approximate surface area is 115 Å². The maximum atomic E-state index is 11.5. The Morgan fingerprint density at radius 2 is 1.44 bits per heavy atom. The Morgan fingerprint density at radius 1 is 0.833 bits per heavy atom. The zero-order valence-electron chi connectivity index (χ0n) is 13.5. The number of Topliss-reactive ketones (excluding diaryl/α,β-unsaturated/α-hetero) is 1. The van der Waals surface area contributed by atoms with Crippen LogP contribution in [0.15, 0.2) is 0 Å². The average molecular weight is 254 g/mol. The van der Waals surface area contributed by atoms with Crippen LogP contribution in [-0.4, -0.2) is 5.78 Å². The second kappa shape index (κ2) is 9.58. The van der Waals surface area contributed by atoms with Crippen LogP contribution in [0.1, 0.15) is 80.1 Å². The molecule has 0 rings (SSSR count). The van der Waals surface area contributed by atoms with E-state index in [9.17, 15) is 4.79 Å². The highest BCUT2D eigenvalue weighted by Gasteiger charge is 2.14. The quantitative estimate of drug-likeness (QED) is 0.472. The van der Waals surface area contributed by atoms with Crippen molar-refractivity contribution in [2.24, 2.45) is 23.7 Å². The molecule has 0 fully saturated rings. The molecule has 18 heavy (non-hydrogen) atoms. The van der Waals surface area contributed by atoms with Gasteiger partial charge >= 0.3 is 0 Å². The minimum absolute atomic E-state index is 0.215. The van der Waals surface area contributed by atoms with Gasteiger partial charge in [-0.15, -0.1) is 0 Å². The minimum Gasteiger partial charge on any atom is -0.299 e. The van der Waals surface area contributed by atoms with Gasteiger partial charge in [0, 0.05) is 12.3 Å². The molecular formula is C17H34O. The fraction of sp³-hybridized carbons (Fsp3) is 0.941. The molecule has 0 saturated heterocycles. The molecule has 0 radical (unpaired) electrons. The lowest BCUT2D eigenvalue weighted by Crippen LogP contribution is -2.11. The van der Waals surface area contributed by atoms with Crippen LogP contribution in [0, 0.1) is 23.7 Å². The first-order valence-electron chi connectivity index (χ1n) is 7.87. The largest absolute Gasteiger partial charge is 0.299 e. The SMILES string of the molecule is CC(C)CCC(CCCCC(=O)C(C)C)C(C)C. The number of hydrogen-bond donors (Lipinski definition) is 0. The van der Waals surface area contributed by atoms with Gasteiger partial charge in [0.05, 0.1) is 0 Å². The predicted octanol–water partition coefficient (Wildman–Crippen LogP) is 5.48. The summed E-state index contributed by atoms with van der Waals surface area (Å²) in [5, 5.41) is 0. The summed E-state index contributed by atoms with van der Waals surface area (Å²) >= 11 is 0. The number of rotatable bonds is 10. The lowest BCUT2D eigenvalue weighted by molar-refractivity contribution is -0.122. The van der Waals surface area contributed by atoms with E-state index < -0.39 is 0 Å². The van der Waals surface area contributed by atoms with Gasteiger partial charge < -0.3 is 0 Å². The minimum atomic E-state index is 0.215. The summed E-state index contributed by atoms with van der Waals surface area (Å²) in [7, 11) is 0. The van der Waals surface area contributed by atoms with E-state index in [-0.39, 0.29) is 5.92 Å². The third kappa shape index (κ3) is 8.72. The summed E-state index contributed by atoms with van der Waals surface area (Å²) in [5.74, 6) is 3.09. The van der Waals surface area contributed by atoms with Crippen molar-refractivity contribution in [1.82, 2.24) is 0 Å². The van der Waals surface area contributed by atoms with Crippen LogP contribution in [-0.2, 0) is 4.79 Å². The molecule has 0 bridgehead atoms. The van der Waals surface area contributed by atoms with E-state index in [1.807, 2.05) is 13.8 Å². The molecule has 0 aromatic carbocycles. The maximum Gasteiger partial charge on any atom is 0.135 e. The molecule has 108 valence electrons. The third-order valence-corrected chi connectivity index (χ3v) is 3.95. The first-order chi connectivity index (χ1) is 8.34. The molecule has 1 heteroatoms. The Hall–Kier alpha value is -0.330. The van der Waals surface area contributed by atoms with Crippen LogP contribution < -0.4 is 0 Å². The maximum absolute atomic E-state index is 11.5. The first-order valence-corrected chi connectivity index (χ1v) is 7.87. The van der Waals surface area contributed by atoms with Crippen LogP contribution in [0.4, 0.5) is 0 Å². The number of carbonyl (C=O) groups excluding carboxylic acids is 1. The molecule has 0 aromatic rings. The second-order valence-corrected chi connectivity index (χ2v) is 6.84. The average Bonchev–Trinajstić information content (AvgIpc) is 2.26. The molecule has 0 spiro atoms. The highest BCUT2D eigenvalue weighted by molar-refractivity contribution is 5.80.